The molecule has 0 radical (unpaired) electrons. The minimum Gasteiger partial charge on any atom is -0.468 e. The third-order valence-corrected chi connectivity index (χ3v) is 4.24. The first-order valence-electron chi connectivity index (χ1n) is 8.14. The van der Waals surface area contributed by atoms with Gasteiger partial charge >= 0.3 is 5.97 Å². The molecule has 0 atom stereocenters. The second-order valence-corrected chi connectivity index (χ2v) is 6.59. The van der Waals surface area contributed by atoms with E-state index in [-0.39, 0.29) is 17.8 Å². The second kappa shape index (κ2) is 7.07. The predicted molar refractivity (Wildman–Crippen MR) is 95.3 cm³/mol. The van der Waals surface area contributed by atoms with Crippen LogP contribution in [0.25, 0.3) is 11.0 Å². The summed E-state index contributed by atoms with van der Waals surface area (Å²) in [7, 11) is 1.32. The summed E-state index contributed by atoms with van der Waals surface area (Å²) in [5.74, 6) is -0.0601. The molecule has 0 aliphatic rings. The van der Waals surface area contributed by atoms with Crippen molar-refractivity contribution in [2.45, 2.75) is 25.8 Å². The van der Waals surface area contributed by atoms with Crippen LogP contribution >= 0.6 is 0 Å². The maximum absolute atomic E-state index is 13.5. The number of benzene rings is 1. The van der Waals surface area contributed by atoms with Gasteiger partial charge in [0, 0.05) is 12.0 Å². The Morgan fingerprint density at radius 2 is 2.15 bits per heavy atom. The van der Waals surface area contributed by atoms with E-state index in [0.717, 1.165) is 5.56 Å². The molecule has 8 heteroatoms. The van der Waals surface area contributed by atoms with Gasteiger partial charge in [-0.1, -0.05) is 26.0 Å². The number of hydrogen-bond acceptors (Lipinski definition) is 6. The van der Waals surface area contributed by atoms with Crippen LogP contribution in [0.5, 0.6) is 0 Å². The van der Waals surface area contributed by atoms with Crippen LogP contribution in [0.2, 0.25) is 0 Å². The maximum Gasteiger partial charge on any atom is 0.327 e. The van der Waals surface area contributed by atoms with E-state index in [1.807, 2.05) is 19.9 Å². The summed E-state index contributed by atoms with van der Waals surface area (Å²) in [5.41, 5.74) is 1.11. The van der Waals surface area contributed by atoms with Gasteiger partial charge in [0.15, 0.2) is 5.65 Å². The molecule has 7 nitrogen and oxygen atoms in total. The molecule has 0 fully saturated rings. The Hall–Kier alpha value is -3.03. The van der Waals surface area contributed by atoms with Crippen molar-refractivity contribution < 1.29 is 13.9 Å². The van der Waals surface area contributed by atoms with Crippen molar-refractivity contribution >= 4 is 22.8 Å². The molecule has 0 aliphatic carbocycles. The molecule has 2 aromatic heterocycles. The van der Waals surface area contributed by atoms with Gasteiger partial charge in [0.2, 0.25) is 0 Å². The Morgan fingerprint density at radius 3 is 2.88 bits per heavy atom. The first kappa shape index (κ1) is 17.8. The first-order valence-corrected chi connectivity index (χ1v) is 8.14. The number of methoxy groups -OCH3 is 1. The predicted octanol–water partition coefficient (Wildman–Crippen LogP) is 2.53. The van der Waals surface area contributed by atoms with Gasteiger partial charge < -0.3 is 10.1 Å². The zero-order valence-corrected chi connectivity index (χ0v) is 14.9. The van der Waals surface area contributed by atoms with E-state index in [1.165, 1.54) is 30.3 Å². The van der Waals surface area contributed by atoms with Gasteiger partial charge in [-0.2, -0.15) is 5.10 Å². The normalized spacial score (nSPS) is 11.5. The number of carbonyl (C=O) groups is 1. The summed E-state index contributed by atoms with van der Waals surface area (Å²) in [5, 5.41) is 8.17. The lowest BCUT2D eigenvalue weighted by atomic mass is 9.84. The molecule has 3 rings (SSSR count). The molecule has 136 valence electrons. The number of ether oxygens (including phenoxy) is 1. The van der Waals surface area contributed by atoms with Gasteiger partial charge in [-0.25, -0.2) is 19.0 Å². The van der Waals surface area contributed by atoms with E-state index >= 15 is 0 Å². The molecule has 0 saturated heterocycles. The number of nitrogens with zero attached hydrogens (tertiary/aromatic N) is 4. The van der Waals surface area contributed by atoms with Crippen LogP contribution < -0.4 is 5.32 Å². The third-order valence-electron chi connectivity index (χ3n) is 4.24. The van der Waals surface area contributed by atoms with Crippen molar-refractivity contribution in [2.24, 2.45) is 0 Å². The van der Waals surface area contributed by atoms with Crippen molar-refractivity contribution in [3.8, 4) is 0 Å². The highest BCUT2D eigenvalue weighted by atomic mass is 19.1. The van der Waals surface area contributed by atoms with Crippen LogP contribution in [-0.4, -0.2) is 39.4 Å². The fourth-order valence-corrected chi connectivity index (χ4v) is 2.65. The number of anilines is 1. The Morgan fingerprint density at radius 1 is 1.35 bits per heavy atom. The van der Waals surface area contributed by atoms with E-state index in [2.05, 4.69) is 25.1 Å². The molecule has 0 saturated carbocycles. The number of hydrogen-bond donors (Lipinski definition) is 1. The van der Waals surface area contributed by atoms with Crippen molar-refractivity contribution in [1.82, 2.24) is 19.7 Å². The summed E-state index contributed by atoms with van der Waals surface area (Å²) in [4.78, 5) is 19.9. The van der Waals surface area contributed by atoms with Gasteiger partial charge in [-0.05, 0) is 17.7 Å². The van der Waals surface area contributed by atoms with Crippen molar-refractivity contribution in [2.75, 3.05) is 19.0 Å². The average Bonchev–Trinajstić information content (AvgIpc) is 3.03. The molecular formula is C18H20FN5O2. The standard InChI is InChI=1S/C18H20FN5O2/c1-18(2,12-5-4-6-13(19)7-12)10-20-16-14-8-23-24(9-15(25)26-3)17(14)22-11-21-16/h4-8,11H,9-10H2,1-3H3,(H,20,21,22). The number of halogens is 1. The molecule has 0 aliphatic heterocycles. The molecule has 0 bridgehead atoms. The quantitative estimate of drug-likeness (QED) is 0.683. The lowest BCUT2D eigenvalue weighted by Crippen LogP contribution is -2.28. The average molecular weight is 357 g/mol. The van der Waals surface area contributed by atoms with E-state index in [1.54, 1.807) is 12.3 Å². The Kier molecular flexibility index (Phi) is 4.83. The second-order valence-electron chi connectivity index (χ2n) is 6.59. The monoisotopic (exact) mass is 357 g/mol. The molecule has 26 heavy (non-hydrogen) atoms. The number of rotatable bonds is 6. The fourth-order valence-electron chi connectivity index (χ4n) is 2.65. The Balaban J connectivity index is 1.82. The van der Waals surface area contributed by atoms with Crippen LogP contribution in [0.15, 0.2) is 36.8 Å². The molecule has 1 aromatic carbocycles. The third kappa shape index (κ3) is 3.63. The number of esters is 1. The highest BCUT2D eigenvalue weighted by Gasteiger charge is 2.22. The zero-order chi connectivity index (χ0) is 18.7. The fraction of sp³-hybridized carbons (Fsp3) is 0.333. The molecule has 0 unspecified atom stereocenters. The van der Waals surface area contributed by atoms with Gasteiger partial charge in [0.1, 0.15) is 24.5 Å². The molecular weight excluding hydrogens is 337 g/mol. The molecule has 1 N–H and O–H groups in total. The number of aromatic nitrogens is 4. The summed E-state index contributed by atoms with van der Waals surface area (Å²) in [6, 6.07) is 6.56. The smallest absolute Gasteiger partial charge is 0.327 e. The van der Waals surface area contributed by atoms with Crippen LogP contribution in [0.3, 0.4) is 0 Å². The summed E-state index contributed by atoms with van der Waals surface area (Å²) in [6.45, 7) is 4.55. The number of carbonyl (C=O) groups excluding carboxylic acids is 1. The van der Waals surface area contributed by atoms with Crippen LogP contribution in [-0.2, 0) is 21.5 Å². The van der Waals surface area contributed by atoms with Gasteiger partial charge in [0.25, 0.3) is 0 Å². The SMILES string of the molecule is COC(=O)Cn1ncc2c(NCC(C)(C)c3cccc(F)c3)ncnc21. The van der Waals surface area contributed by atoms with Gasteiger partial charge in [-0.3, -0.25) is 4.79 Å². The van der Waals surface area contributed by atoms with Crippen LogP contribution in [0.1, 0.15) is 19.4 Å². The van der Waals surface area contributed by atoms with E-state index < -0.39 is 5.97 Å². The Labute approximate surface area is 150 Å². The lowest BCUT2D eigenvalue weighted by Gasteiger charge is -2.26. The largest absolute Gasteiger partial charge is 0.468 e. The Bertz CT molecular complexity index is 938. The van der Waals surface area contributed by atoms with Gasteiger partial charge in [-0.15, -0.1) is 0 Å². The number of nitrogens with one attached hydrogen (secondary N) is 1. The van der Waals surface area contributed by atoms with Crippen molar-refractivity contribution in [1.29, 1.82) is 0 Å². The molecule has 0 amide bonds. The van der Waals surface area contributed by atoms with Crippen LogP contribution in [0, 0.1) is 5.82 Å². The highest BCUT2D eigenvalue weighted by molar-refractivity contribution is 5.86. The highest BCUT2D eigenvalue weighted by Crippen LogP contribution is 2.26. The first-order chi connectivity index (χ1) is 12.4. The van der Waals surface area contributed by atoms with Crippen LogP contribution in [0.4, 0.5) is 10.2 Å². The summed E-state index contributed by atoms with van der Waals surface area (Å²) >= 11 is 0. The minimum atomic E-state index is -0.407. The van der Waals surface area contributed by atoms with E-state index in [0.29, 0.717) is 23.4 Å². The molecule has 2 heterocycles. The summed E-state index contributed by atoms with van der Waals surface area (Å²) < 4.78 is 19.6. The topological polar surface area (TPSA) is 81.9 Å². The number of fused-ring (bicyclic) bond motifs is 1. The van der Waals surface area contributed by atoms with Crippen molar-refractivity contribution in [3.05, 3.63) is 48.2 Å². The maximum atomic E-state index is 13.5. The van der Waals surface area contributed by atoms with E-state index in [4.69, 9.17) is 0 Å². The van der Waals surface area contributed by atoms with E-state index in [9.17, 15) is 9.18 Å². The zero-order valence-electron chi connectivity index (χ0n) is 14.9. The molecule has 0 spiro atoms. The van der Waals surface area contributed by atoms with Crippen molar-refractivity contribution in [3.63, 3.8) is 0 Å². The lowest BCUT2D eigenvalue weighted by molar-refractivity contribution is -0.141. The molecule has 3 aromatic rings. The minimum absolute atomic E-state index is 0.0226. The van der Waals surface area contributed by atoms with Gasteiger partial charge in [0.05, 0.1) is 18.7 Å². The summed E-state index contributed by atoms with van der Waals surface area (Å²) in [6.07, 6.45) is 3.02.